The van der Waals surface area contributed by atoms with Crippen molar-refractivity contribution in [1.29, 1.82) is 0 Å². The van der Waals surface area contributed by atoms with Gasteiger partial charge in [0, 0.05) is 5.56 Å². The van der Waals surface area contributed by atoms with Crippen LogP contribution in [0.4, 0.5) is 15.2 Å². The number of para-hydroxylation sites is 1. The monoisotopic (exact) mass is 378 g/mol. The summed E-state index contributed by atoms with van der Waals surface area (Å²) in [5.74, 6) is -0.0411. The average molecular weight is 378 g/mol. The molecule has 0 N–H and O–H groups in total. The highest BCUT2D eigenvalue weighted by Crippen LogP contribution is 2.35. The van der Waals surface area contributed by atoms with Crippen molar-refractivity contribution < 1.29 is 13.9 Å². The number of carbonyl (C=O) groups excluding carboxylic acids is 1. The maximum absolute atomic E-state index is 13.4. The number of ether oxygens (including phenoxy) is 1. The number of carbonyl (C=O) groups is 1. The normalized spacial score (nSPS) is 10.7. The Morgan fingerprint density at radius 1 is 1.04 bits per heavy atom. The van der Waals surface area contributed by atoms with Gasteiger partial charge >= 0.3 is 0 Å². The number of thiazole rings is 1. The zero-order valence-corrected chi connectivity index (χ0v) is 15.2. The third kappa shape index (κ3) is 3.39. The van der Waals surface area contributed by atoms with E-state index in [4.69, 9.17) is 4.74 Å². The predicted octanol–water partition coefficient (Wildman–Crippen LogP) is 5.42. The number of hydrogen-bond donors (Lipinski definition) is 0. The molecule has 0 saturated carbocycles. The molecular formula is C21H15FN2O2S. The fraction of sp³-hybridized carbons (Fsp3) is 0.0476. The molecule has 0 radical (unpaired) electrons. The fourth-order valence-corrected chi connectivity index (χ4v) is 3.73. The first kappa shape index (κ1) is 17.2. The van der Waals surface area contributed by atoms with E-state index < -0.39 is 0 Å². The van der Waals surface area contributed by atoms with Gasteiger partial charge in [0.25, 0.3) is 5.91 Å². The van der Waals surface area contributed by atoms with Gasteiger partial charge in [0.05, 0.1) is 23.0 Å². The van der Waals surface area contributed by atoms with E-state index in [2.05, 4.69) is 4.98 Å². The predicted molar refractivity (Wildman–Crippen MR) is 105 cm³/mol. The summed E-state index contributed by atoms with van der Waals surface area (Å²) in [5.41, 5.74) is 1.81. The first-order chi connectivity index (χ1) is 13.2. The maximum atomic E-state index is 13.4. The third-order valence-electron chi connectivity index (χ3n) is 4.08. The SMILES string of the molecule is COc1cccc(C(=O)N(c2ccc(F)cc2)c2nc3ccccc3s2)c1. The minimum absolute atomic E-state index is 0.264. The van der Waals surface area contributed by atoms with Crippen molar-refractivity contribution in [3.63, 3.8) is 0 Å². The zero-order valence-electron chi connectivity index (χ0n) is 14.4. The molecule has 4 nitrogen and oxygen atoms in total. The molecule has 134 valence electrons. The highest BCUT2D eigenvalue weighted by molar-refractivity contribution is 7.22. The van der Waals surface area contributed by atoms with Crippen molar-refractivity contribution in [2.24, 2.45) is 0 Å². The molecule has 0 aliphatic rings. The van der Waals surface area contributed by atoms with Crippen LogP contribution in [0.2, 0.25) is 0 Å². The van der Waals surface area contributed by atoms with Gasteiger partial charge in [-0.15, -0.1) is 0 Å². The summed E-state index contributed by atoms with van der Waals surface area (Å²) < 4.78 is 19.6. The van der Waals surface area contributed by atoms with Crippen LogP contribution >= 0.6 is 11.3 Å². The number of benzene rings is 3. The molecule has 0 saturated heterocycles. The van der Waals surface area contributed by atoms with Gasteiger partial charge < -0.3 is 4.74 Å². The lowest BCUT2D eigenvalue weighted by Gasteiger charge is -2.20. The minimum Gasteiger partial charge on any atom is -0.497 e. The van der Waals surface area contributed by atoms with Crippen LogP contribution in [0.15, 0.2) is 72.8 Å². The molecule has 3 aromatic carbocycles. The molecule has 6 heteroatoms. The van der Waals surface area contributed by atoms with Gasteiger partial charge in [0.15, 0.2) is 5.13 Å². The quantitative estimate of drug-likeness (QED) is 0.476. The van der Waals surface area contributed by atoms with E-state index in [-0.39, 0.29) is 11.7 Å². The Morgan fingerprint density at radius 2 is 1.81 bits per heavy atom. The van der Waals surface area contributed by atoms with E-state index >= 15 is 0 Å². The Kier molecular flexibility index (Phi) is 4.56. The minimum atomic E-state index is -0.364. The molecule has 0 atom stereocenters. The maximum Gasteiger partial charge on any atom is 0.264 e. The standard InChI is InChI=1S/C21H15FN2O2S/c1-26-17-6-4-5-14(13-17)20(25)24(16-11-9-15(22)10-12-16)21-23-18-7-2-3-8-19(18)27-21/h2-13H,1H3. The first-order valence-electron chi connectivity index (χ1n) is 8.25. The van der Waals surface area contributed by atoms with E-state index in [1.54, 1.807) is 43.5 Å². The van der Waals surface area contributed by atoms with Crippen LogP contribution < -0.4 is 9.64 Å². The van der Waals surface area contributed by atoms with Crippen LogP contribution in [-0.2, 0) is 0 Å². The number of anilines is 2. The van der Waals surface area contributed by atoms with Crippen molar-refractivity contribution in [2.75, 3.05) is 12.0 Å². The summed E-state index contributed by atoms with van der Waals surface area (Å²) in [4.78, 5) is 19.4. The number of hydrogen-bond acceptors (Lipinski definition) is 4. The van der Waals surface area contributed by atoms with E-state index in [1.165, 1.54) is 28.4 Å². The van der Waals surface area contributed by atoms with Gasteiger partial charge in [-0.3, -0.25) is 9.69 Å². The summed E-state index contributed by atoms with van der Waals surface area (Å²) in [7, 11) is 1.55. The summed E-state index contributed by atoms with van der Waals surface area (Å²) >= 11 is 1.41. The topological polar surface area (TPSA) is 42.4 Å². The Morgan fingerprint density at radius 3 is 2.56 bits per heavy atom. The molecule has 0 fully saturated rings. The van der Waals surface area contributed by atoms with Gasteiger partial charge in [-0.25, -0.2) is 9.37 Å². The second kappa shape index (κ2) is 7.17. The molecule has 4 rings (SSSR count). The van der Waals surface area contributed by atoms with Gasteiger partial charge in [-0.05, 0) is 54.6 Å². The van der Waals surface area contributed by atoms with Crippen molar-refractivity contribution in [1.82, 2.24) is 4.98 Å². The van der Waals surface area contributed by atoms with Crippen LogP contribution in [0.25, 0.3) is 10.2 Å². The summed E-state index contributed by atoms with van der Waals surface area (Å²) in [5, 5.41) is 0.524. The van der Waals surface area contributed by atoms with E-state index in [0.29, 0.717) is 22.1 Å². The van der Waals surface area contributed by atoms with Crippen LogP contribution in [-0.4, -0.2) is 18.0 Å². The molecule has 1 heterocycles. The largest absolute Gasteiger partial charge is 0.497 e. The lowest BCUT2D eigenvalue weighted by molar-refractivity contribution is 0.0999. The number of amides is 1. The van der Waals surface area contributed by atoms with Gasteiger partial charge in [-0.2, -0.15) is 0 Å². The van der Waals surface area contributed by atoms with Gasteiger partial charge in [-0.1, -0.05) is 29.5 Å². The summed E-state index contributed by atoms with van der Waals surface area (Å²) in [6.07, 6.45) is 0. The first-order valence-corrected chi connectivity index (χ1v) is 9.07. The third-order valence-corrected chi connectivity index (χ3v) is 5.10. The summed E-state index contributed by atoms with van der Waals surface area (Å²) in [6.45, 7) is 0. The molecule has 0 aliphatic carbocycles. The van der Waals surface area contributed by atoms with E-state index in [0.717, 1.165) is 10.2 Å². The van der Waals surface area contributed by atoms with E-state index in [1.807, 2.05) is 24.3 Å². The van der Waals surface area contributed by atoms with Gasteiger partial charge in [0.1, 0.15) is 11.6 Å². The molecule has 27 heavy (non-hydrogen) atoms. The molecule has 0 aliphatic heterocycles. The number of fused-ring (bicyclic) bond motifs is 1. The number of methoxy groups -OCH3 is 1. The lowest BCUT2D eigenvalue weighted by Crippen LogP contribution is -2.25. The average Bonchev–Trinajstić information content (AvgIpc) is 3.13. The Bertz CT molecular complexity index is 1080. The number of nitrogens with zero attached hydrogens (tertiary/aromatic N) is 2. The second-order valence-electron chi connectivity index (χ2n) is 5.81. The number of halogens is 1. The molecule has 0 spiro atoms. The van der Waals surface area contributed by atoms with Crippen molar-refractivity contribution in [2.45, 2.75) is 0 Å². The smallest absolute Gasteiger partial charge is 0.264 e. The summed E-state index contributed by atoms with van der Waals surface area (Å²) in [6, 6.07) is 20.4. The lowest BCUT2D eigenvalue weighted by atomic mass is 10.1. The number of aromatic nitrogens is 1. The van der Waals surface area contributed by atoms with Crippen LogP contribution in [0.1, 0.15) is 10.4 Å². The molecule has 0 bridgehead atoms. The Labute approximate surface area is 159 Å². The Balaban J connectivity index is 1.84. The van der Waals surface area contributed by atoms with Crippen molar-refractivity contribution >= 4 is 38.3 Å². The zero-order chi connectivity index (χ0) is 18.8. The van der Waals surface area contributed by atoms with Crippen LogP contribution in [0, 0.1) is 5.82 Å². The fourth-order valence-electron chi connectivity index (χ4n) is 2.75. The Hall–Kier alpha value is -3.25. The highest BCUT2D eigenvalue weighted by atomic mass is 32.1. The molecular weight excluding hydrogens is 363 g/mol. The van der Waals surface area contributed by atoms with Crippen LogP contribution in [0.5, 0.6) is 5.75 Å². The molecule has 4 aromatic rings. The highest BCUT2D eigenvalue weighted by Gasteiger charge is 2.23. The van der Waals surface area contributed by atoms with Crippen molar-refractivity contribution in [3.8, 4) is 5.75 Å². The molecule has 1 amide bonds. The molecule has 0 unspecified atom stereocenters. The van der Waals surface area contributed by atoms with E-state index in [9.17, 15) is 9.18 Å². The van der Waals surface area contributed by atoms with Crippen LogP contribution in [0.3, 0.4) is 0 Å². The van der Waals surface area contributed by atoms with Gasteiger partial charge in [0.2, 0.25) is 0 Å². The number of rotatable bonds is 4. The second-order valence-corrected chi connectivity index (χ2v) is 6.82. The molecule has 1 aromatic heterocycles. The van der Waals surface area contributed by atoms with Crippen molar-refractivity contribution in [3.05, 3.63) is 84.2 Å².